The minimum atomic E-state index is -0.600. The smallest absolute Gasteiger partial charge is 0.408 e. The second-order valence-electron chi connectivity index (χ2n) is 7.08. The highest BCUT2D eigenvalue weighted by molar-refractivity contribution is 5.85. The van der Waals surface area contributed by atoms with E-state index in [1.807, 2.05) is 42.5 Å². The van der Waals surface area contributed by atoms with E-state index in [1.165, 1.54) is 6.92 Å². The van der Waals surface area contributed by atoms with Crippen LogP contribution < -0.4 is 5.32 Å². The Morgan fingerprint density at radius 1 is 0.960 bits per heavy atom. The normalized spacial score (nSPS) is 12.3. The summed E-state index contributed by atoms with van der Waals surface area (Å²) in [6, 6.07) is 17.5. The minimum absolute atomic E-state index is 0.0991. The Morgan fingerprint density at radius 3 is 2.04 bits per heavy atom. The van der Waals surface area contributed by atoms with E-state index in [-0.39, 0.29) is 5.78 Å². The fourth-order valence-electron chi connectivity index (χ4n) is 2.45. The number of alkyl carbamates (subject to hydrolysis) is 1. The van der Waals surface area contributed by atoms with Gasteiger partial charge in [-0.15, -0.1) is 0 Å². The maximum atomic E-state index is 11.9. The highest BCUT2D eigenvalue weighted by Crippen LogP contribution is 2.20. The first-order chi connectivity index (χ1) is 11.7. The van der Waals surface area contributed by atoms with Gasteiger partial charge in [0.05, 0.1) is 6.04 Å². The Balaban J connectivity index is 2.04. The lowest BCUT2D eigenvalue weighted by molar-refractivity contribution is -0.119. The Bertz CT molecular complexity index is 715. The average Bonchev–Trinajstić information content (AvgIpc) is 2.54. The van der Waals surface area contributed by atoms with Crippen LogP contribution in [0.25, 0.3) is 11.1 Å². The van der Waals surface area contributed by atoms with Crippen molar-refractivity contribution in [1.29, 1.82) is 0 Å². The van der Waals surface area contributed by atoms with E-state index in [9.17, 15) is 9.59 Å². The van der Waals surface area contributed by atoms with Gasteiger partial charge in [0.1, 0.15) is 5.60 Å². The van der Waals surface area contributed by atoms with E-state index in [4.69, 9.17) is 4.74 Å². The van der Waals surface area contributed by atoms with Gasteiger partial charge >= 0.3 is 6.09 Å². The summed E-state index contributed by atoms with van der Waals surface area (Å²) in [6.45, 7) is 6.84. The summed E-state index contributed by atoms with van der Waals surface area (Å²) in [5.74, 6) is -0.0991. The lowest BCUT2D eigenvalue weighted by Crippen LogP contribution is -2.43. The van der Waals surface area contributed by atoms with Crippen molar-refractivity contribution >= 4 is 11.9 Å². The second-order valence-corrected chi connectivity index (χ2v) is 7.08. The van der Waals surface area contributed by atoms with Gasteiger partial charge in [-0.3, -0.25) is 4.79 Å². The first-order valence-corrected chi connectivity index (χ1v) is 8.39. The lowest BCUT2D eigenvalue weighted by Gasteiger charge is -2.22. The summed E-state index contributed by atoms with van der Waals surface area (Å²) >= 11 is 0. The Labute approximate surface area is 149 Å². The Kier molecular flexibility index (Phi) is 5.97. The summed E-state index contributed by atoms with van der Waals surface area (Å²) in [6.07, 6.45) is -0.141. The molecule has 0 unspecified atom stereocenters. The largest absolute Gasteiger partial charge is 0.444 e. The minimum Gasteiger partial charge on any atom is -0.444 e. The number of nitrogens with one attached hydrogen (secondary N) is 1. The van der Waals surface area contributed by atoms with Crippen molar-refractivity contribution in [2.24, 2.45) is 0 Å². The molecular formula is C21H25NO3. The number of amides is 1. The molecule has 1 N–H and O–H groups in total. The van der Waals surface area contributed by atoms with Gasteiger partial charge in [0.25, 0.3) is 0 Å². The van der Waals surface area contributed by atoms with E-state index >= 15 is 0 Å². The molecule has 0 aliphatic rings. The van der Waals surface area contributed by atoms with Gasteiger partial charge in [0, 0.05) is 0 Å². The highest BCUT2D eigenvalue weighted by Gasteiger charge is 2.22. The molecule has 0 saturated carbocycles. The molecule has 0 bridgehead atoms. The lowest BCUT2D eigenvalue weighted by atomic mass is 9.99. The topological polar surface area (TPSA) is 55.4 Å². The predicted octanol–water partition coefficient (Wildman–Crippen LogP) is 4.38. The third-order valence-electron chi connectivity index (χ3n) is 3.68. The maximum absolute atomic E-state index is 11.9. The highest BCUT2D eigenvalue weighted by atomic mass is 16.6. The summed E-state index contributed by atoms with van der Waals surface area (Å²) < 4.78 is 5.23. The number of hydrogen-bond acceptors (Lipinski definition) is 3. The summed E-state index contributed by atoms with van der Waals surface area (Å²) in [5, 5.41) is 2.66. The van der Waals surface area contributed by atoms with Crippen molar-refractivity contribution in [2.45, 2.75) is 45.8 Å². The molecule has 0 aliphatic heterocycles. The van der Waals surface area contributed by atoms with Crippen LogP contribution in [0.2, 0.25) is 0 Å². The number of rotatable bonds is 5. The van der Waals surface area contributed by atoms with E-state index in [1.54, 1.807) is 20.8 Å². The molecule has 1 atom stereocenters. The molecule has 1 amide bonds. The molecule has 0 aliphatic carbocycles. The molecule has 0 fully saturated rings. The molecule has 0 heterocycles. The molecule has 2 aromatic carbocycles. The fraction of sp³-hybridized carbons (Fsp3) is 0.333. The van der Waals surface area contributed by atoms with Crippen LogP contribution in [0.15, 0.2) is 54.6 Å². The molecule has 0 radical (unpaired) electrons. The predicted molar refractivity (Wildman–Crippen MR) is 99.4 cm³/mol. The van der Waals surface area contributed by atoms with Gasteiger partial charge < -0.3 is 10.1 Å². The van der Waals surface area contributed by atoms with Crippen molar-refractivity contribution in [3.63, 3.8) is 0 Å². The van der Waals surface area contributed by atoms with Crippen LogP contribution in [0.5, 0.6) is 0 Å². The van der Waals surface area contributed by atoms with Gasteiger partial charge in [0.15, 0.2) is 5.78 Å². The van der Waals surface area contributed by atoms with E-state index in [0.29, 0.717) is 6.42 Å². The van der Waals surface area contributed by atoms with Crippen LogP contribution in [0.3, 0.4) is 0 Å². The number of hydrogen-bond donors (Lipinski definition) is 1. The van der Waals surface area contributed by atoms with E-state index < -0.39 is 17.7 Å². The monoisotopic (exact) mass is 339 g/mol. The van der Waals surface area contributed by atoms with Crippen molar-refractivity contribution in [2.75, 3.05) is 0 Å². The molecule has 25 heavy (non-hydrogen) atoms. The van der Waals surface area contributed by atoms with Crippen molar-refractivity contribution in [3.05, 3.63) is 60.2 Å². The van der Waals surface area contributed by atoms with Crippen LogP contribution in [0.1, 0.15) is 33.3 Å². The van der Waals surface area contributed by atoms with Gasteiger partial charge in [-0.2, -0.15) is 0 Å². The van der Waals surface area contributed by atoms with Gasteiger partial charge in [-0.1, -0.05) is 54.6 Å². The zero-order chi connectivity index (χ0) is 18.4. The second kappa shape index (κ2) is 7.97. The molecule has 2 rings (SSSR count). The molecule has 4 heteroatoms. The van der Waals surface area contributed by atoms with Gasteiger partial charge in [-0.05, 0) is 50.8 Å². The standard InChI is InChI=1S/C21H25NO3/c1-15(23)19(22-20(24)25-21(2,3)4)14-16-10-12-18(13-11-16)17-8-6-5-7-9-17/h5-13,19H,14H2,1-4H3,(H,22,24)/t19-/m1/s1. The molecule has 0 saturated heterocycles. The molecular weight excluding hydrogens is 314 g/mol. The molecule has 2 aromatic rings. The zero-order valence-corrected chi connectivity index (χ0v) is 15.2. The van der Waals surface area contributed by atoms with Crippen LogP contribution in [0, 0.1) is 0 Å². The van der Waals surface area contributed by atoms with Crippen LogP contribution in [-0.2, 0) is 16.0 Å². The quantitative estimate of drug-likeness (QED) is 0.879. The molecule has 4 nitrogen and oxygen atoms in total. The van der Waals surface area contributed by atoms with Crippen molar-refractivity contribution < 1.29 is 14.3 Å². The first-order valence-electron chi connectivity index (χ1n) is 8.39. The Morgan fingerprint density at radius 2 is 1.52 bits per heavy atom. The maximum Gasteiger partial charge on any atom is 0.408 e. The van der Waals surface area contributed by atoms with Gasteiger partial charge in [0.2, 0.25) is 0 Å². The number of carbonyl (C=O) groups is 2. The number of Topliss-reactive ketones (excluding diaryl/α,β-unsaturated/α-hetero) is 1. The number of ether oxygens (including phenoxy) is 1. The summed E-state index contributed by atoms with van der Waals surface area (Å²) in [7, 11) is 0. The average molecular weight is 339 g/mol. The molecule has 0 aromatic heterocycles. The number of carbonyl (C=O) groups excluding carboxylic acids is 2. The molecule has 132 valence electrons. The van der Waals surface area contributed by atoms with Crippen LogP contribution >= 0.6 is 0 Å². The number of ketones is 1. The van der Waals surface area contributed by atoms with Crippen molar-refractivity contribution in [1.82, 2.24) is 5.32 Å². The molecule has 0 spiro atoms. The Hall–Kier alpha value is -2.62. The first kappa shape index (κ1) is 18.7. The fourth-order valence-corrected chi connectivity index (χ4v) is 2.45. The zero-order valence-electron chi connectivity index (χ0n) is 15.2. The summed E-state index contributed by atoms with van der Waals surface area (Å²) in [4.78, 5) is 23.8. The van der Waals surface area contributed by atoms with Crippen LogP contribution in [0.4, 0.5) is 4.79 Å². The third kappa shape index (κ3) is 6.07. The third-order valence-corrected chi connectivity index (χ3v) is 3.68. The van der Waals surface area contributed by atoms with Crippen molar-refractivity contribution in [3.8, 4) is 11.1 Å². The van der Waals surface area contributed by atoms with Gasteiger partial charge in [-0.25, -0.2) is 4.79 Å². The SMILES string of the molecule is CC(=O)[C@@H](Cc1ccc(-c2ccccc2)cc1)NC(=O)OC(C)(C)C. The van der Waals surface area contributed by atoms with Crippen LogP contribution in [-0.4, -0.2) is 23.5 Å². The van der Waals surface area contributed by atoms with E-state index in [0.717, 1.165) is 16.7 Å². The number of benzene rings is 2. The summed E-state index contributed by atoms with van der Waals surface area (Å²) in [5.41, 5.74) is 2.65. The van der Waals surface area contributed by atoms with E-state index in [2.05, 4.69) is 17.4 Å².